The summed E-state index contributed by atoms with van der Waals surface area (Å²) >= 11 is 0. The summed E-state index contributed by atoms with van der Waals surface area (Å²) in [4.78, 5) is 23.8. The van der Waals surface area contributed by atoms with Gasteiger partial charge in [0.25, 0.3) is 5.91 Å². The van der Waals surface area contributed by atoms with Crippen molar-refractivity contribution in [2.45, 2.75) is 11.9 Å². The van der Waals surface area contributed by atoms with Crippen molar-refractivity contribution in [3.8, 4) is 0 Å². The van der Waals surface area contributed by atoms with Gasteiger partial charge in [-0.15, -0.1) is 0 Å². The van der Waals surface area contributed by atoms with Gasteiger partial charge in [0, 0.05) is 7.11 Å². The minimum Gasteiger partial charge on any atom is -0.344 e. The van der Waals surface area contributed by atoms with Gasteiger partial charge in [-0.1, -0.05) is 0 Å². The fourth-order valence-corrected chi connectivity index (χ4v) is 1.78. The molecular formula is C11H8F4N2O3. The maximum atomic E-state index is 12.9. The number of rotatable bonds is 2. The van der Waals surface area contributed by atoms with Crippen LogP contribution in [-0.2, 0) is 9.53 Å². The number of methoxy groups -OCH3 is 1. The molecule has 9 heteroatoms. The molecule has 5 nitrogen and oxygen atoms in total. The number of anilines is 1. The summed E-state index contributed by atoms with van der Waals surface area (Å²) in [6.45, 7) is 0. The van der Waals surface area contributed by atoms with E-state index in [1.807, 2.05) is 0 Å². The van der Waals surface area contributed by atoms with Crippen molar-refractivity contribution < 1.29 is 31.9 Å². The van der Waals surface area contributed by atoms with Gasteiger partial charge in [-0.05, 0) is 24.3 Å². The first-order valence-corrected chi connectivity index (χ1v) is 5.27. The van der Waals surface area contributed by atoms with Gasteiger partial charge < -0.3 is 4.74 Å². The number of urea groups is 1. The zero-order valence-corrected chi connectivity index (χ0v) is 9.99. The number of carbonyl (C=O) groups is 2. The highest BCUT2D eigenvalue weighted by molar-refractivity contribution is 6.23. The number of alkyl halides is 3. The Balaban J connectivity index is 2.46. The minimum absolute atomic E-state index is 0.197. The third-order valence-corrected chi connectivity index (χ3v) is 2.78. The second-order valence-electron chi connectivity index (χ2n) is 3.93. The fourth-order valence-electron chi connectivity index (χ4n) is 1.78. The molecule has 108 valence electrons. The van der Waals surface area contributed by atoms with Crippen LogP contribution in [0.25, 0.3) is 0 Å². The summed E-state index contributed by atoms with van der Waals surface area (Å²) in [5, 5.41) is 1.47. The Hall–Kier alpha value is -2.16. The number of hydrogen-bond acceptors (Lipinski definition) is 3. The lowest BCUT2D eigenvalue weighted by Gasteiger charge is -2.26. The molecular weight excluding hydrogens is 284 g/mol. The lowest BCUT2D eigenvalue weighted by atomic mass is 10.2. The van der Waals surface area contributed by atoms with Crippen molar-refractivity contribution in [2.75, 3.05) is 12.0 Å². The molecule has 1 aromatic rings. The molecule has 1 aliphatic rings. The molecule has 0 unspecified atom stereocenters. The third kappa shape index (κ3) is 1.90. The number of benzene rings is 1. The molecule has 0 radical (unpaired) electrons. The molecule has 0 spiro atoms. The summed E-state index contributed by atoms with van der Waals surface area (Å²) in [6, 6.07) is 2.54. The number of imide groups is 1. The van der Waals surface area contributed by atoms with Gasteiger partial charge in [0.2, 0.25) is 0 Å². The van der Waals surface area contributed by atoms with E-state index in [0.717, 1.165) is 24.3 Å². The summed E-state index contributed by atoms with van der Waals surface area (Å²) < 4.78 is 55.8. The Bertz CT molecular complexity index is 558. The second kappa shape index (κ2) is 4.44. The van der Waals surface area contributed by atoms with Crippen molar-refractivity contribution in [1.82, 2.24) is 5.32 Å². The topological polar surface area (TPSA) is 58.6 Å². The van der Waals surface area contributed by atoms with Gasteiger partial charge in [0.05, 0.1) is 5.69 Å². The molecule has 1 fully saturated rings. The highest BCUT2D eigenvalue weighted by Crippen LogP contribution is 2.37. The summed E-state index contributed by atoms with van der Waals surface area (Å²) in [7, 11) is 0.653. The number of hydrogen-bond donors (Lipinski definition) is 1. The highest BCUT2D eigenvalue weighted by atomic mass is 19.4. The molecule has 0 saturated carbocycles. The second-order valence-corrected chi connectivity index (χ2v) is 3.93. The van der Waals surface area contributed by atoms with Crippen LogP contribution in [0.15, 0.2) is 24.3 Å². The number of halogens is 4. The molecule has 1 saturated heterocycles. The Kier molecular flexibility index (Phi) is 3.17. The number of nitrogens with zero attached hydrogens (tertiary/aromatic N) is 1. The van der Waals surface area contributed by atoms with Crippen LogP contribution < -0.4 is 10.2 Å². The van der Waals surface area contributed by atoms with Crippen LogP contribution in [0.2, 0.25) is 0 Å². The predicted molar refractivity (Wildman–Crippen MR) is 58.2 cm³/mol. The van der Waals surface area contributed by atoms with Crippen molar-refractivity contribution in [2.24, 2.45) is 0 Å². The lowest BCUT2D eigenvalue weighted by molar-refractivity contribution is -0.261. The van der Waals surface area contributed by atoms with Crippen molar-refractivity contribution in [3.63, 3.8) is 0 Å². The van der Waals surface area contributed by atoms with Gasteiger partial charge in [-0.2, -0.15) is 13.2 Å². The third-order valence-electron chi connectivity index (χ3n) is 2.78. The van der Waals surface area contributed by atoms with E-state index in [4.69, 9.17) is 0 Å². The first-order chi connectivity index (χ1) is 9.23. The van der Waals surface area contributed by atoms with E-state index >= 15 is 0 Å². The number of nitrogens with one attached hydrogen (secondary N) is 1. The van der Waals surface area contributed by atoms with Crippen LogP contribution in [0, 0.1) is 5.82 Å². The standard InChI is InChI=1S/C11H8F4N2O3/c1-20-10(11(13,14)15)8(18)17(9(19)16-10)7-4-2-6(12)3-5-7/h2-5H,1H3,(H,16,19)/t10-/m0/s1. The average Bonchev–Trinajstić information content (AvgIpc) is 2.62. The van der Waals surface area contributed by atoms with E-state index in [2.05, 4.69) is 4.74 Å². The van der Waals surface area contributed by atoms with E-state index in [0.29, 0.717) is 7.11 Å². The molecule has 0 bridgehead atoms. The van der Waals surface area contributed by atoms with Gasteiger partial charge in [0.15, 0.2) is 0 Å². The smallest absolute Gasteiger partial charge is 0.344 e. The first-order valence-electron chi connectivity index (χ1n) is 5.27. The van der Waals surface area contributed by atoms with E-state index in [1.165, 1.54) is 5.32 Å². The quantitative estimate of drug-likeness (QED) is 0.668. The Morgan fingerprint density at radius 2 is 1.75 bits per heavy atom. The van der Waals surface area contributed by atoms with Crippen LogP contribution in [0.3, 0.4) is 0 Å². The number of carbonyl (C=O) groups excluding carboxylic acids is 2. The van der Waals surface area contributed by atoms with Gasteiger partial charge in [-0.3, -0.25) is 10.1 Å². The summed E-state index contributed by atoms with van der Waals surface area (Å²) in [6.07, 6.45) is -5.14. The molecule has 0 aliphatic carbocycles. The number of ether oxygens (including phenoxy) is 1. The first kappa shape index (κ1) is 14.3. The largest absolute Gasteiger partial charge is 0.446 e. The van der Waals surface area contributed by atoms with E-state index < -0.39 is 29.7 Å². The molecule has 1 aliphatic heterocycles. The molecule has 1 N–H and O–H groups in total. The van der Waals surface area contributed by atoms with E-state index in [-0.39, 0.29) is 10.6 Å². The highest BCUT2D eigenvalue weighted by Gasteiger charge is 2.69. The van der Waals surface area contributed by atoms with Crippen molar-refractivity contribution >= 4 is 17.6 Å². The Morgan fingerprint density at radius 3 is 2.15 bits per heavy atom. The van der Waals surface area contributed by atoms with Crippen LogP contribution in [0.5, 0.6) is 0 Å². The zero-order valence-electron chi connectivity index (χ0n) is 9.99. The summed E-state index contributed by atoms with van der Waals surface area (Å²) in [5.74, 6) is -2.29. The molecule has 0 aromatic heterocycles. The SMILES string of the molecule is CO[C@@]1(C(F)(F)F)NC(=O)N(c2ccc(F)cc2)C1=O. The van der Waals surface area contributed by atoms with E-state index in [9.17, 15) is 27.2 Å². The zero-order chi connectivity index (χ0) is 15.1. The van der Waals surface area contributed by atoms with Crippen LogP contribution in [-0.4, -0.2) is 30.9 Å². The maximum Gasteiger partial charge on any atom is 0.446 e. The predicted octanol–water partition coefficient (Wildman–Crippen LogP) is 1.79. The minimum atomic E-state index is -5.14. The average molecular weight is 292 g/mol. The Morgan fingerprint density at radius 1 is 1.20 bits per heavy atom. The molecule has 1 heterocycles. The van der Waals surface area contributed by atoms with Gasteiger partial charge >= 0.3 is 17.9 Å². The normalized spacial score (nSPS) is 23.1. The van der Waals surface area contributed by atoms with E-state index in [1.54, 1.807) is 0 Å². The van der Waals surface area contributed by atoms with Crippen molar-refractivity contribution in [3.05, 3.63) is 30.1 Å². The maximum absolute atomic E-state index is 12.9. The fraction of sp³-hybridized carbons (Fsp3) is 0.273. The molecule has 1 atom stereocenters. The molecule has 2 rings (SSSR count). The monoisotopic (exact) mass is 292 g/mol. The molecule has 3 amide bonds. The van der Waals surface area contributed by atoms with Gasteiger partial charge in [0.1, 0.15) is 5.82 Å². The van der Waals surface area contributed by atoms with Crippen LogP contribution in [0.1, 0.15) is 0 Å². The Labute approximate surface area is 110 Å². The molecule has 1 aromatic carbocycles. The van der Waals surface area contributed by atoms with Crippen molar-refractivity contribution in [1.29, 1.82) is 0 Å². The molecule has 20 heavy (non-hydrogen) atoms. The summed E-state index contributed by atoms with van der Waals surface area (Å²) in [5.41, 5.74) is -3.63. The van der Waals surface area contributed by atoms with Crippen LogP contribution >= 0.6 is 0 Å². The number of amides is 3. The van der Waals surface area contributed by atoms with Gasteiger partial charge in [-0.25, -0.2) is 14.1 Å². The van der Waals surface area contributed by atoms with Crippen LogP contribution in [0.4, 0.5) is 28.0 Å². The lowest BCUT2D eigenvalue weighted by Crippen LogP contribution is -2.60.